The Morgan fingerprint density at radius 3 is 2.58 bits per heavy atom. The van der Waals surface area contributed by atoms with Gasteiger partial charge in [0.15, 0.2) is 0 Å². The number of oxazole rings is 1. The Labute approximate surface area is 128 Å². The fourth-order valence-corrected chi connectivity index (χ4v) is 2.90. The lowest BCUT2D eigenvalue weighted by Crippen LogP contribution is -2.01. The third-order valence-corrected chi connectivity index (χ3v) is 4.02. The van der Waals surface area contributed by atoms with Crippen LogP contribution < -0.4 is 10.1 Å². The molecule has 2 rings (SSSR count). The number of benzene rings is 1. The summed E-state index contributed by atoms with van der Waals surface area (Å²) in [6.07, 6.45) is 0. The molecule has 0 aliphatic carbocycles. The Hall–Kier alpha value is -1.01. The average Bonchev–Trinajstić information content (AvgIpc) is 2.68. The zero-order valence-electron chi connectivity index (χ0n) is 10.9. The number of aromatic nitrogens is 1. The van der Waals surface area contributed by atoms with Crippen LogP contribution in [0.4, 0.5) is 5.69 Å². The highest BCUT2D eigenvalue weighted by Gasteiger charge is 2.09. The van der Waals surface area contributed by atoms with E-state index in [1.165, 1.54) is 0 Å². The highest BCUT2D eigenvalue weighted by atomic mass is 79.9. The Balaban J connectivity index is 2.15. The van der Waals surface area contributed by atoms with E-state index in [1.807, 2.05) is 26.0 Å². The molecule has 0 spiro atoms. The molecule has 0 amide bonds. The predicted molar refractivity (Wildman–Crippen MR) is 81.7 cm³/mol. The summed E-state index contributed by atoms with van der Waals surface area (Å²) >= 11 is 6.94. The molecule has 0 radical (unpaired) electrons. The lowest BCUT2D eigenvalue weighted by Gasteiger charge is -2.10. The number of hydrogen-bond donors (Lipinski definition) is 1. The summed E-state index contributed by atoms with van der Waals surface area (Å²) in [5, 5.41) is 3.27. The fraction of sp³-hybridized carbons (Fsp3) is 0.308. The molecule has 2 aromatic rings. The van der Waals surface area contributed by atoms with Gasteiger partial charge in [0.2, 0.25) is 5.89 Å². The molecule has 4 nitrogen and oxygen atoms in total. The lowest BCUT2D eigenvalue weighted by molar-refractivity contribution is 0.412. The van der Waals surface area contributed by atoms with Gasteiger partial charge in [0.1, 0.15) is 11.5 Å². The van der Waals surface area contributed by atoms with Gasteiger partial charge in [0, 0.05) is 10.5 Å². The van der Waals surface area contributed by atoms with Crippen LogP contribution in [0.5, 0.6) is 5.75 Å². The first-order valence-electron chi connectivity index (χ1n) is 5.71. The van der Waals surface area contributed by atoms with Gasteiger partial charge in [-0.3, -0.25) is 0 Å². The van der Waals surface area contributed by atoms with Crippen molar-refractivity contribution in [2.75, 3.05) is 12.4 Å². The van der Waals surface area contributed by atoms with Gasteiger partial charge in [-0.25, -0.2) is 4.98 Å². The summed E-state index contributed by atoms with van der Waals surface area (Å²) in [5.74, 6) is 2.29. The molecule has 1 aromatic carbocycles. The Morgan fingerprint density at radius 2 is 2.00 bits per heavy atom. The highest BCUT2D eigenvalue weighted by molar-refractivity contribution is 9.11. The molecule has 1 heterocycles. The van der Waals surface area contributed by atoms with E-state index in [-0.39, 0.29) is 0 Å². The third kappa shape index (κ3) is 3.30. The van der Waals surface area contributed by atoms with E-state index < -0.39 is 0 Å². The first kappa shape index (κ1) is 14.4. The summed E-state index contributed by atoms with van der Waals surface area (Å²) in [4.78, 5) is 4.33. The van der Waals surface area contributed by atoms with Crippen molar-refractivity contribution >= 4 is 37.5 Å². The van der Waals surface area contributed by atoms with Gasteiger partial charge >= 0.3 is 0 Å². The minimum atomic E-state index is 0.526. The molecule has 1 aromatic heterocycles. The first-order valence-corrected chi connectivity index (χ1v) is 7.29. The van der Waals surface area contributed by atoms with Crippen LogP contribution in [0.3, 0.4) is 0 Å². The lowest BCUT2D eigenvalue weighted by atomic mass is 10.3. The number of nitrogens with one attached hydrogen (secondary N) is 1. The number of rotatable bonds is 4. The molecule has 1 N–H and O–H groups in total. The van der Waals surface area contributed by atoms with Crippen molar-refractivity contribution in [2.45, 2.75) is 20.4 Å². The SMILES string of the molecule is COc1cc(NCc2nc(C)c(C)o2)c(Br)cc1Br. The summed E-state index contributed by atoms with van der Waals surface area (Å²) in [7, 11) is 1.64. The maximum atomic E-state index is 5.53. The number of halogens is 2. The molecule has 0 aliphatic heterocycles. The number of anilines is 1. The molecular weight excluding hydrogens is 376 g/mol. The van der Waals surface area contributed by atoms with Gasteiger partial charge in [0.25, 0.3) is 0 Å². The van der Waals surface area contributed by atoms with E-state index >= 15 is 0 Å². The van der Waals surface area contributed by atoms with Crippen molar-refractivity contribution in [3.05, 3.63) is 38.4 Å². The van der Waals surface area contributed by atoms with Gasteiger partial charge in [-0.2, -0.15) is 0 Å². The number of hydrogen-bond acceptors (Lipinski definition) is 4. The van der Waals surface area contributed by atoms with Crippen LogP contribution in [0.1, 0.15) is 17.3 Å². The second-order valence-corrected chi connectivity index (χ2v) is 5.78. The van der Waals surface area contributed by atoms with Crippen LogP contribution in [0.25, 0.3) is 0 Å². The fourth-order valence-electron chi connectivity index (χ4n) is 1.61. The Bertz CT molecular complexity index is 577. The molecular formula is C13H14Br2N2O2. The van der Waals surface area contributed by atoms with Crippen LogP contribution in [0, 0.1) is 13.8 Å². The molecule has 0 bridgehead atoms. The van der Waals surface area contributed by atoms with Crippen LogP contribution >= 0.6 is 31.9 Å². The maximum absolute atomic E-state index is 5.53. The Morgan fingerprint density at radius 1 is 1.26 bits per heavy atom. The van der Waals surface area contributed by atoms with Crippen molar-refractivity contribution in [1.82, 2.24) is 4.98 Å². The van der Waals surface area contributed by atoms with Crippen molar-refractivity contribution in [2.24, 2.45) is 0 Å². The van der Waals surface area contributed by atoms with Crippen LogP contribution in [0.15, 0.2) is 25.5 Å². The quantitative estimate of drug-likeness (QED) is 0.839. The van der Waals surface area contributed by atoms with Crippen LogP contribution in [-0.2, 0) is 6.54 Å². The molecule has 0 unspecified atom stereocenters. The highest BCUT2D eigenvalue weighted by Crippen LogP contribution is 2.34. The van der Waals surface area contributed by atoms with E-state index in [0.29, 0.717) is 12.4 Å². The molecule has 0 saturated carbocycles. The molecule has 19 heavy (non-hydrogen) atoms. The maximum Gasteiger partial charge on any atom is 0.213 e. The number of aryl methyl sites for hydroxylation is 2. The van der Waals surface area contributed by atoms with Crippen LogP contribution in [-0.4, -0.2) is 12.1 Å². The smallest absolute Gasteiger partial charge is 0.213 e. The van der Waals surface area contributed by atoms with Gasteiger partial charge in [0.05, 0.1) is 29.5 Å². The molecule has 0 fully saturated rings. The van der Waals surface area contributed by atoms with E-state index in [2.05, 4.69) is 42.2 Å². The standard InChI is InChI=1S/C13H14Br2N2O2/c1-7-8(2)19-13(17-7)6-16-11-5-12(18-3)10(15)4-9(11)14/h4-5,16H,6H2,1-3H3. The monoisotopic (exact) mass is 388 g/mol. The molecule has 102 valence electrons. The Kier molecular flexibility index (Phi) is 4.52. The van der Waals surface area contributed by atoms with Crippen LogP contribution in [0.2, 0.25) is 0 Å². The molecule has 6 heteroatoms. The second kappa shape index (κ2) is 5.96. The van der Waals surface area contributed by atoms with Crippen molar-refractivity contribution in [1.29, 1.82) is 0 Å². The number of methoxy groups -OCH3 is 1. The van der Waals surface area contributed by atoms with Gasteiger partial charge in [-0.05, 0) is 51.8 Å². The summed E-state index contributed by atoms with van der Waals surface area (Å²) < 4.78 is 12.6. The van der Waals surface area contributed by atoms with Gasteiger partial charge < -0.3 is 14.5 Å². The van der Waals surface area contributed by atoms with Gasteiger partial charge in [-0.1, -0.05) is 0 Å². The zero-order chi connectivity index (χ0) is 14.0. The second-order valence-electron chi connectivity index (χ2n) is 4.07. The van der Waals surface area contributed by atoms with Gasteiger partial charge in [-0.15, -0.1) is 0 Å². The van der Waals surface area contributed by atoms with E-state index in [0.717, 1.165) is 31.8 Å². The molecule has 0 saturated heterocycles. The summed E-state index contributed by atoms with van der Waals surface area (Å²) in [5.41, 5.74) is 1.85. The van der Waals surface area contributed by atoms with Crippen molar-refractivity contribution in [3.63, 3.8) is 0 Å². The average molecular weight is 390 g/mol. The first-order chi connectivity index (χ1) is 9.01. The van der Waals surface area contributed by atoms with Crippen molar-refractivity contribution < 1.29 is 9.15 Å². The minimum absolute atomic E-state index is 0.526. The predicted octanol–water partition coefficient (Wildman–Crippen LogP) is 4.44. The van der Waals surface area contributed by atoms with E-state index in [9.17, 15) is 0 Å². The van der Waals surface area contributed by atoms with E-state index in [1.54, 1.807) is 7.11 Å². The summed E-state index contributed by atoms with van der Waals surface area (Å²) in [6, 6.07) is 3.85. The van der Waals surface area contributed by atoms with Crippen molar-refractivity contribution in [3.8, 4) is 5.75 Å². The largest absolute Gasteiger partial charge is 0.495 e. The molecule has 0 atom stereocenters. The topological polar surface area (TPSA) is 47.3 Å². The number of nitrogens with zero attached hydrogens (tertiary/aromatic N) is 1. The number of ether oxygens (including phenoxy) is 1. The third-order valence-electron chi connectivity index (χ3n) is 2.74. The summed E-state index contributed by atoms with van der Waals surface area (Å²) in [6.45, 7) is 4.36. The van der Waals surface area contributed by atoms with E-state index in [4.69, 9.17) is 9.15 Å². The minimum Gasteiger partial charge on any atom is -0.495 e. The molecule has 0 aliphatic rings. The normalized spacial score (nSPS) is 10.6. The zero-order valence-corrected chi connectivity index (χ0v) is 14.1.